The largest absolute Gasteiger partial charge is 0.347 e. The number of nitrogens with two attached hydrogens (primary N) is 1. The number of nitrogens with zero attached hydrogens (tertiary/aromatic N) is 2. The number of aromatic amines is 1. The monoisotopic (exact) mass is 208 g/mol. The van der Waals surface area contributed by atoms with Gasteiger partial charge in [0.25, 0.3) is 0 Å². The zero-order valence-corrected chi connectivity index (χ0v) is 8.71. The van der Waals surface area contributed by atoms with Crippen LogP contribution in [0.4, 0.5) is 0 Å². The SMILES string of the molecule is Cc1nc(CC(N)c2ncc[nH]2)cs1. The van der Waals surface area contributed by atoms with Gasteiger partial charge in [0.15, 0.2) is 0 Å². The fourth-order valence-electron chi connectivity index (χ4n) is 1.30. The van der Waals surface area contributed by atoms with E-state index < -0.39 is 0 Å². The number of rotatable bonds is 3. The molecule has 0 saturated heterocycles. The van der Waals surface area contributed by atoms with E-state index in [0.29, 0.717) is 0 Å². The lowest BCUT2D eigenvalue weighted by Crippen LogP contribution is -2.15. The molecule has 0 aliphatic carbocycles. The molecule has 0 spiro atoms. The topological polar surface area (TPSA) is 67.6 Å². The van der Waals surface area contributed by atoms with Crippen LogP contribution in [0.3, 0.4) is 0 Å². The highest BCUT2D eigenvalue weighted by Crippen LogP contribution is 2.14. The van der Waals surface area contributed by atoms with E-state index in [0.717, 1.165) is 22.9 Å². The van der Waals surface area contributed by atoms with E-state index in [4.69, 9.17) is 5.73 Å². The van der Waals surface area contributed by atoms with Crippen LogP contribution in [0.5, 0.6) is 0 Å². The summed E-state index contributed by atoms with van der Waals surface area (Å²) in [7, 11) is 0. The molecule has 1 unspecified atom stereocenters. The first kappa shape index (κ1) is 9.36. The molecule has 3 N–H and O–H groups in total. The lowest BCUT2D eigenvalue weighted by molar-refractivity contribution is 0.667. The van der Waals surface area contributed by atoms with Crippen LogP contribution in [0.25, 0.3) is 0 Å². The minimum Gasteiger partial charge on any atom is -0.347 e. The molecular formula is C9H12N4S. The van der Waals surface area contributed by atoms with Crippen molar-refractivity contribution in [2.75, 3.05) is 0 Å². The van der Waals surface area contributed by atoms with Crippen LogP contribution in [0.2, 0.25) is 0 Å². The van der Waals surface area contributed by atoms with E-state index in [9.17, 15) is 0 Å². The summed E-state index contributed by atoms with van der Waals surface area (Å²) in [5.74, 6) is 0.815. The van der Waals surface area contributed by atoms with Crippen molar-refractivity contribution in [3.8, 4) is 0 Å². The fraction of sp³-hybridized carbons (Fsp3) is 0.333. The first-order chi connectivity index (χ1) is 6.75. The van der Waals surface area contributed by atoms with Gasteiger partial charge in [0.1, 0.15) is 5.82 Å². The van der Waals surface area contributed by atoms with Gasteiger partial charge in [-0.25, -0.2) is 9.97 Å². The molecule has 0 radical (unpaired) electrons. The van der Waals surface area contributed by atoms with E-state index in [1.807, 2.05) is 12.3 Å². The lowest BCUT2D eigenvalue weighted by Gasteiger charge is -2.05. The average molecular weight is 208 g/mol. The molecule has 0 amide bonds. The van der Waals surface area contributed by atoms with Crippen LogP contribution in [-0.4, -0.2) is 15.0 Å². The van der Waals surface area contributed by atoms with Gasteiger partial charge in [-0.05, 0) is 6.92 Å². The van der Waals surface area contributed by atoms with Crippen molar-refractivity contribution in [2.45, 2.75) is 19.4 Å². The van der Waals surface area contributed by atoms with Crippen molar-refractivity contribution < 1.29 is 0 Å². The van der Waals surface area contributed by atoms with Gasteiger partial charge in [0.05, 0.1) is 16.7 Å². The summed E-state index contributed by atoms with van der Waals surface area (Å²) in [6, 6.07) is -0.0912. The first-order valence-corrected chi connectivity index (χ1v) is 5.29. The smallest absolute Gasteiger partial charge is 0.123 e. The molecule has 0 fully saturated rings. The van der Waals surface area contributed by atoms with Gasteiger partial charge in [-0.15, -0.1) is 11.3 Å². The third-order valence-corrected chi connectivity index (χ3v) is 2.79. The van der Waals surface area contributed by atoms with E-state index in [1.54, 1.807) is 23.7 Å². The maximum absolute atomic E-state index is 5.95. The molecule has 2 rings (SSSR count). The lowest BCUT2D eigenvalue weighted by atomic mass is 10.2. The predicted molar refractivity (Wildman–Crippen MR) is 56.1 cm³/mol. The number of hydrogen-bond acceptors (Lipinski definition) is 4. The van der Waals surface area contributed by atoms with Crippen molar-refractivity contribution in [1.82, 2.24) is 15.0 Å². The number of aromatic nitrogens is 3. The summed E-state index contributed by atoms with van der Waals surface area (Å²) >= 11 is 1.65. The predicted octanol–water partition coefficient (Wildman–Crippen LogP) is 1.42. The molecule has 2 heterocycles. The summed E-state index contributed by atoms with van der Waals surface area (Å²) < 4.78 is 0. The van der Waals surface area contributed by atoms with Gasteiger partial charge in [-0.3, -0.25) is 0 Å². The normalized spacial score (nSPS) is 13.0. The van der Waals surface area contributed by atoms with Crippen molar-refractivity contribution in [3.05, 3.63) is 34.3 Å². The molecule has 4 nitrogen and oxygen atoms in total. The zero-order chi connectivity index (χ0) is 9.97. The molecule has 0 saturated carbocycles. The van der Waals surface area contributed by atoms with Gasteiger partial charge in [-0.1, -0.05) is 0 Å². The Balaban J connectivity index is 2.05. The molecule has 0 aromatic carbocycles. The summed E-state index contributed by atoms with van der Waals surface area (Å²) in [6.07, 6.45) is 4.22. The van der Waals surface area contributed by atoms with Gasteiger partial charge < -0.3 is 10.7 Å². The minimum absolute atomic E-state index is 0.0912. The number of thiazole rings is 1. The number of aryl methyl sites for hydroxylation is 1. The Bertz CT molecular complexity index is 393. The molecule has 0 bridgehead atoms. The third kappa shape index (κ3) is 2.00. The third-order valence-electron chi connectivity index (χ3n) is 1.97. The van der Waals surface area contributed by atoms with Crippen LogP contribution < -0.4 is 5.73 Å². The quantitative estimate of drug-likeness (QED) is 0.801. The molecule has 74 valence electrons. The van der Waals surface area contributed by atoms with E-state index >= 15 is 0 Å². The van der Waals surface area contributed by atoms with Gasteiger partial charge in [0.2, 0.25) is 0 Å². The summed E-state index contributed by atoms with van der Waals surface area (Å²) in [4.78, 5) is 11.5. The molecule has 2 aromatic rings. The molecule has 1 atom stereocenters. The highest BCUT2D eigenvalue weighted by Gasteiger charge is 2.10. The van der Waals surface area contributed by atoms with Crippen molar-refractivity contribution in [2.24, 2.45) is 5.73 Å². The Morgan fingerprint density at radius 2 is 2.50 bits per heavy atom. The summed E-state index contributed by atoms with van der Waals surface area (Å²) in [5, 5.41) is 3.12. The maximum Gasteiger partial charge on any atom is 0.123 e. The Labute approximate surface area is 86.2 Å². The van der Waals surface area contributed by atoms with Crippen LogP contribution in [0, 0.1) is 6.92 Å². The van der Waals surface area contributed by atoms with Crippen molar-refractivity contribution in [1.29, 1.82) is 0 Å². The Hall–Kier alpha value is -1.20. The van der Waals surface area contributed by atoms with Gasteiger partial charge in [-0.2, -0.15) is 0 Å². The van der Waals surface area contributed by atoms with Gasteiger partial charge >= 0.3 is 0 Å². The Morgan fingerprint density at radius 1 is 1.64 bits per heavy atom. The van der Waals surface area contributed by atoms with Crippen LogP contribution >= 0.6 is 11.3 Å². The second-order valence-electron chi connectivity index (χ2n) is 3.14. The average Bonchev–Trinajstić information content (AvgIpc) is 2.75. The maximum atomic E-state index is 5.95. The fourth-order valence-corrected chi connectivity index (χ4v) is 1.93. The number of H-pyrrole nitrogens is 1. The highest BCUT2D eigenvalue weighted by molar-refractivity contribution is 7.09. The molecule has 5 heteroatoms. The second-order valence-corrected chi connectivity index (χ2v) is 4.21. The number of imidazole rings is 1. The molecule has 0 aliphatic rings. The number of nitrogens with one attached hydrogen (secondary N) is 1. The van der Waals surface area contributed by atoms with Gasteiger partial charge in [0, 0.05) is 24.2 Å². The zero-order valence-electron chi connectivity index (χ0n) is 7.90. The molecular weight excluding hydrogens is 196 g/mol. The Morgan fingerprint density at radius 3 is 3.07 bits per heavy atom. The second kappa shape index (κ2) is 3.89. The van der Waals surface area contributed by atoms with E-state index in [2.05, 4.69) is 15.0 Å². The molecule has 2 aromatic heterocycles. The van der Waals surface area contributed by atoms with Crippen LogP contribution in [-0.2, 0) is 6.42 Å². The van der Waals surface area contributed by atoms with Crippen molar-refractivity contribution in [3.63, 3.8) is 0 Å². The minimum atomic E-state index is -0.0912. The molecule has 14 heavy (non-hydrogen) atoms. The first-order valence-electron chi connectivity index (χ1n) is 4.41. The van der Waals surface area contributed by atoms with E-state index in [1.165, 1.54) is 0 Å². The summed E-state index contributed by atoms with van der Waals surface area (Å²) in [5.41, 5.74) is 6.99. The van der Waals surface area contributed by atoms with Crippen molar-refractivity contribution >= 4 is 11.3 Å². The van der Waals surface area contributed by atoms with E-state index in [-0.39, 0.29) is 6.04 Å². The number of hydrogen-bond donors (Lipinski definition) is 2. The Kier molecular flexibility index (Phi) is 2.60. The van der Waals surface area contributed by atoms with Crippen LogP contribution in [0.1, 0.15) is 22.6 Å². The highest BCUT2D eigenvalue weighted by atomic mass is 32.1. The standard InChI is InChI=1S/C9H12N4S/c1-6-13-7(5-14-6)4-8(10)9-11-2-3-12-9/h2-3,5,8H,4,10H2,1H3,(H,11,12). The van der Waals surface area contributed by atoms with Crippen LogP contribution in [0.15, 0.2) is 17.8 Å². The molecule has 0 aliphatic heterocycles. The summed E-state index contributed by atoms with van der Waals surface area (Å²) in [6.45, 7) is 1.99.